The topological polar surface area (TPSA) is 17.1 Å². The average Bonchev–Trinajstić information content (AvgIpc) is 2.14. The van der Waals surface area contributed by atoms with E-state index in [1.165, 1.54) is 6.92 Å². The Morgan fingerprint density at radius 1 is 1.17 bits per heavy atom. The molecule has 0 aromatic rings. The maximum atomic E-state index is 13.0. The van der Waals surface area contributed by atoms with Crippen molar-refractivity contribution in [2.75, 3.05) is 5.75 Å². The molecule has 108 valence electrons. The largest absolute Gasteiger partial charge is 0.456 e. The van der Waals surface area contributed by atoms with Crippen molar-refractivity contribution >= 4 is 16.9 Å². The number of hydrogen-bond acceptors (Lipinski definition) is 2. The van der Waals surface area contributed by atoms with Gasteiger partial charge < -0.3 is 0 Å². The van der Waals surface area contributed by atoms with E-state index >= 15 is 0 Å². The Kier molecular flexibility index (Phi) is 6.45. The van der Waals surface area contributed by atoms with Gasteiger partial charge >= 0.3 is 12.1 Å². The lowest BCUT2D eigenvalue weighted by molar-refractivity contribution is -0.304. The Morgan fingerprint density at radius 2 is 1.67 bits per heavy atom. The number of rotatable bonds is 6. The van der Waals surface area contributed by atoms with Crippen molar-refractivity contribution in [2.24, 2.45) is 0 Å². The lowest BCUT2D eigenvalue weighted by atomic mass is 10.1. The second-order valence-electron chi connectivity index (χ2n) is 3.55. The van der Waals surface area contributed by atoms with Crippen LogP contribution in [0, 0.1) is 0 Å². The van der Waals surface area contributed by atoms with E-state index in [9.17, 15) is 35.5 Å². The summed E-state index contributed by atoms with van der Waals surface area (Å²) in [7, 11) is 0. The first kappa shape index (κ1) is 17.5. The molecule has 1 nitrogen and oxygen atoms in total. The highest BCUT2D eigenvalue weighted by Crippen LogP contribution is 2.41. The number of carbonyl (C=O) groups excluding carboxylic acids is 1. The Balaban J connectivity index is 4.22. The van der Waals surface area contributed by atoms with Gasteiger partial charge in [0.2, 0.25) is 0 Å². The van der Waals surface area contributed by atoms with Gasteiger partial charge in [0.05, 0.1) is 0 Å². The molecule has 0 N–H and O–H groups in total. The van der Waals surface area contributed by atoms with Crippen LogP contribution in [-0.2, 0) is 4.79 Å². The predicted molar refractivity (Wildman–Crippen MR) is 53.2 cm³/mol. The second kappa shape index (κ2) is 6.63. The molecule has 18 heavy (non-hydrogen) atoms. The molecule has 0 fully saturated rings. The summed E-state index contributed by atoms with van der Waals surface area (Å²) >= 11 is 0.689. The molecule has 0 aliphatic heterocycles. The average molecular weight is 300 g/mol. The summed E-state index contributed by atoms with van der Waals surface area (Å²) in [5.41, 5.74) is 0. The van der Waals surface area contributed by atoms with Crippen LogP contribution in [-0.4, -0.2) is 35.3 Å². The van der Waals surface area contributed by atoms with E-state index in [1.807, 2.05) is 0 Å². The monoisotopic (exact) mass is 300 g/mol. The van der Waals surface area contributed by atoms with Crippen LogP contribution in [0.25, 0.3) is 0 Å². The molecule has 0 heterocycles. The normalized spacial score (nSPS) is 16.4. The smallest absolute Gasteiger partial charge is 0.288 e. The SMILES string of the molecule is CC(=O)SCCC(F)CC(F)C(F)(F)C(F)(F)F. The van der Waals surface area contributed by atoms with Gasteiger partial charge in [0.15, 0.2) is 11.3 Å². The van der Waals surface area contributed by atoms with Gasteiger partial charge in [-0.3, -0.25) is 4.79 Å². The maximum absolute atomic E-state index is 13.0. The fourth-order valence-corrected chi connectivity index (χ4v) is 1.66. The lowest BCUT2D eigenvalue weighted by Crippen LogP contribution is -2.45. The Labute approximate surface area is 103 Å². The summed E-state index contributed by atoms with van der Waals surface area (Å²) in [6, 6.07) is 0. The molecule has 0 aliphatic carbocycles. The van der Waals surface area contributed by atoms with E-state index in [-0.39, 0.29) is 10.9 Å². The number of alkyl halides is 7. The third-order valence-corrected chi connectivity index (χ3v) is 2.82. The van der Waals surface area contributed by atoms with E-state index in [0.717, 1.165) is 0 Å². The van der Waals surface area contributed by atoms with Gasteiger partial charge in [-0.15, -0.1) is 0 Å². The van der Waals surface area contributed by atoms with Gasteiger partial charge in [-0.2, -0.15) is 22.0 Å². The van der Waals surface area contributed by atoms with Gasteiger partial charge in [0.25, 0.3) is 0 Å². The van der Waals surface area contributed by atoms with Crippen LogP contribution in [0.4, 0.5) is 30.7 Å². The summed E-state index contributed by atoms with van der Waals surface area (Å²) in [4.78, 5) is 10.4. The van der Waals surface area contributed by atoms with Crippen LogP contribution in [0.1, 0.15) is 19.8 Å². The molecule has 0 rings (SSSR count). The Morgan fingerprint density at radius 3 is 2.06 bits per heavy atom. The summed E-state index contributed by atoms with van der Waals surface area (Å²) in [5, 5.41) is -0.348. The number of hydrogen-bond donors (Lipinski definition) is 0. The van der Waals surface area contributed by atoms with Gasteiger partial charge in [0, 0.05) is 19.1 Å². The van der Waals surface area contributed by atoms with Crippen molar-refractivity contribution < 1.29 is 35.5 Å². The molecule has 2 atom stereocenters. The zero-order valence-electron chi connectivity index (χ0n) is 9.24. The van der Waals surface area contributed by atoms with Crippen LogP contribution in [0.15, 0.2) is 0 Å². The third-order valence-electron chi connectivity index (χ3n) is 1.97. The summed E-state index contributed by atoms with van der Waals surface area (Å²) in [5.74, 6) is -5.66. The standard InChI is InChI=1S/C9H11F7OS/c1-5(17)18-3-2-6(10)4-7(11)8(12,13)9(14,15)16/h6-7H,2-4H2,1H3. The van der Waals surface area contributed by atoms with Crippen molar-refractivity contribution in [3.63, 3.8) is 0 Å². The van der Waals surface area contributed by atoms with Gasteiger partial charge in [-0.25, -0.2) is 8.78 Å². The van der Waals surface area contributed by atoms with Gasteiger partial charge in [-0.05, 0) is 6.42 Å². The zero-order valence-corrected chi connectivity index (χ0v) is 10.1. The molecule has 0 spiro atoms. The van der Waals surface area contributed by atoms with Crippen molar-refractivity contribution in [3.05, 3.63) is 0 Å². The number of halogens is 7. The first-order valence-electron chi connectivity index (χ1n) is 4.84. The molecule has 0 bridgehead atoms. The van der Waals surface area contributed by atoms with Crippen LogP contribution < -0.4 is 0 Å². The second-order valence-corrected chi connectivity index (χ2v) is 4.82. The molecule has 9 heteroatoms. The molecule has 0 aromatic heterocycles. The van der Waals surface area contributed by atoms with E-state index in [0.29, 0.717) is 11.8 Å². The number of carbonyl (C=O) groups is 1. The number of thioether (sulfide) groups is 1. The summed E-state index contributed by atoms with van der Waals surface area (Å²) in [6.45, 7) is 1.19. The molecule has 0 saturated heterocycles. The molecular formula is C9H11F7OS. The maximum Gasteiger partial charge on any atom is 0.456 e. The van der Waals surface area contributed by atoms with Crippen molar-refractivity contribution in [1.82, 2.24) is 0 Å². The first-order chi connectivity index (χ1) is 7.98. The van der Waals surface area contributed by atoms with E-state index < -0.39 is 37.3 Å². The summed E-state index contributed by atoms with van der Waals surface area (Å²) in [6.07, 6.45) is -13.8. The van der Waals surface area contributed by atoms with Gasteiger partial charge in [-0.1, -0.05) is 11.8 Å². The fraction of sp³-hybridized carbons (Fsp3) is 0.889. The molecule has 0 amide bonds. The highest BCUT2D eigenvalue weighted by molar-refractivity contribution is 8.13. The highest BCUT2D eigenvalue weighted by Gasteiger charge is 2.63. The highest BCUT2D eigenvalue weighted by atomic mass is 32.2. The van der Waals surface area contributed by atoms with Gasteiger partial charge in [0.1, 0.15) is 6.17 Å². The van der Waals surface area contributed by atoms with Crippen LogP contribution in [0.5, 0.6) is 0 Å². The summed E-state index contributed by atoms with van der Waals surface area (Å²) < 4.78 is 85.7. The van der Waals surface area contributed by atoms with Crippen LogP contribution >= 0.6 is 11.8 Å². The molecule has 0 radical (unpaired) electrons. The third kappa shape index (κ3) is 5.45. The molecule has 0 aromatic carbocycles. The molecule has 2 unspecified atom stereocenters. The minimum atomic E-state index is -6.04. The minimum Gasteiger partial charge on any atom is -0.288 e. The minimum absolute atomic E-state index is 0.0964. The van der Waals surface area contributed by atoms with Crippen molar-refractivity contribution in [1.29, 1.82) is 0 Å². The Hall–Kier alpha value is -0.470. The molecule has 0 saturated carbocycles. The Bertz CT molecular complexity index is 279. The van der Waals surface area contributed by atoms with Crippen molar-refractivity contribution in [3.8, 4) is 0 Å². The fourth-order valence-electron chi connectivity index (χ4n) is 0.999. The predicted octanol–water partition coefficient (Wildman–Crippen LogP) is 3.92. The quantitative estimate of drug-likeness (QED) is 0.692. The van der Waals surface area contributed by atoms with E-state index in [1.54, 1.807) is 0 Å². The lowest BCUT2D eigenvalue weighted by Gasteiger charge is -2.24. The van der Waals surface area contributed by atoms with E-state index in [4.69, 9.17) is 0 Å². The van der Waals surface area contributed by atoms with Crippen LogP contribution in [0.2, 0.25) is 0 Å². The van der Waals surface area contributed by atoms with Crippen LogP contribution in [0.3, 0.4) is 0 Å². The first-order valence-corrected chi connectivity index (χ1v) is 5.83. The zero-order chi connectivity index (χ0) is 14.6. The molecule has 0 aliphatic rings. The molecular weight excluding hydrogens is 289 g/mol. The van der Waals surface area contributed by atoms with Crippen molar-refractivity contribution in [2.45, 2.75) is 44.2 Å². The van der Waals surface area contributed by atoms with E-state index in [2.05, 4.69) is 0 Å².